The molecule has 2 nitrogen and oxygen atoms in total. The largest absolute Gasteiger partial charge is 0.456 e. The van der Waals surface area contributed by atoms with Crippen LogP contribution in [0.15, 0.2) is 89.3 Å². The maximum atomic E-state index is 6.21. The molecule has 0 fully saturated rings. The summed E-state index contributed by atoms with van der Waals surface area (Å²) in [7, 11) is 0. The highest BCUT2D eigenvalue weighted by Gasteiger charge is 2.36. The van der Waals surface area contributed by atoms with E-state index in [0.717, 1.165) is 22.2 Å². The van der Waals surface area contributed by atoms with Crippen LogP contribution in [0.5, 0.6) is 0 Å². The van der Waals surface area contributed by atoms with Gasteiger partial charge in [-0.1, -0.05) is 62.4 Å². The molecule has 1 heterocycles. The smallest absolute Gasteiger partial charge is 0.137 e. The standard InChI is InChI=1S/C31H29NO/c1-30(2,3)32(21-15-17-25-24-11-7-9-13-28(24)33-29(25)19-21)20-14-16-23-22-10-6-8-12-26(22)31(4,5)27(23)18-20/h6-19H,1-5H3. The van der Waals surface area contributed by atoms with E-state index in [-0.39, 0.29) is 11.0 Å². The summed E-state index contributed by atoms with van der Waals surface area (Å²) < 4.78 is 6.21. The molecule has 0 aliphatic heterocycles. The van der Waals surface area contributed by atoms with Crippen LogP contribution in [0.4, 0.5) is 11.4 Å². The fourth-order valence-corrected chi connectivity index (χ4v) is 5.61. The third-order valence-corrected chi connectivity index (χ3v) is 7.12. The Balaban J connectivity index is 1.52. The highest BCUT2D eigenvalue weighted by Crippen LogP contribution is 2.50. The number of nitrogens with zero attached hydrogens (tertiary/aromatic N) is 1. The van der Waals surface area contributed by atoms with Crippen LogP contribution in [0.3, 0.4) is 0 Å². The van der Waals surface area contributed by atoms with E-state index in [1.165, 1.54) is 33.3 Å². The van der Waals surface area contributed by atoms with Crippen LogP contribution >= 0.6 is 0 Å². The molecule has 1 aromatic heterocycles. The summed E-state index contributed by atoms with van der Waals surface area (Å²) in [6.07, 6.45) is 0. The topological polar surface area (TPSA) is 16.4 Å². The summed E-state index contributed by atoms with van der Waals surface area (Å²) in [6.45, 7) is 11.5. The van der Waals surface area contributed by atoms with Gasteiger partial charge in [0.2, 0.25) is 0 Å². The molecular weight excluding hydrogens is 402 g/mol. The van der Waals surface area contributed by atoms with Crippen molar-refractivity contribution in [3.63, 3.8) is 0 Å². The minimum absolute atomic E-state index is 0.0197. The second-order valence-corrected chi connectivity index (χ2v) is 10.7. The van der Waals surface area contributed by atoms with Crippen molar-refractivity contribution < 1.29 is 4.42 Å². The van der Waals surface area contributed by atoms with Crippen molar-refractivity contribution in [2.75, 3.05) is 4.90 Å². The molecule has 0 saturated carbocycles. The molecule has 0 N–H and O–H groups in total. The SMILES string of the molecule is CC1(C)c2ccccc2-c2ccc(N(c3ccc4c(c3)oc3ccccc34)C(C)(C)C)cc21. The van der Waals surface area contributed by atoms with Gasteiger partial charge in [-0.25, -0.2) is 0 Å². The predicted molar refractivity (Wildman–Crippen MR) is 140 cm³/mol. The van der Waals surface area contributed by atoms with E-state index in [0.29, 0.717) is 0 Å². The van der Waals surface area contributed by atoms with Gasteiger partial charge in [-0.05, 0) is 73.4 Å². The number of hydrogen-bond acceptors (Lipinski definition) is 2. The van der Waals surface area contributed by atoms with E-state index < -0.39 is 0 Å². The summed E-state index contributed by atoms with van der Waals surface area (Å²) >= 11 is 0. The van der Waals surface area contributed by atoms with Gasteiger partial charge in [0.05, 0.1) is 0 Å². The van der Waals surface area contributed by atoms with Gasteiger partial charge in [0, 0.05) is 39.2 Å². The van der Waals surface area contributed by atoms with Gasteiger partial charge in [0.25, 0.3) is 0 Å². The van der Waals surface area contributed by atoms with Crippen LogP contribution in [0.25, 0.3) is 33.1 Å². The molecule has 0 saturated heterocycles. The number of rotatable bonds is 2. The summed E-state index contributed by atoms with van der Waals surface area (Å²) in [5.74, 6) is 0. The van der Waals surface area contributed by atoms with Gasteiger partial charge in [-0.3, -0.25) is 0 Å². The van der Waals surface area contributed by atoms with E-state index in [9.17, 15) is 0 Å². The molecule has 0 atom stereocenters. The Morgan fingerprint density at radius 2 is 1.27 bits per heavy atom. The Morgan fingerprint density at radius 1 is 0.636 bits per heavy atom. The van der Waals surface area contributed by atoms with Crippen molar-refractivity contribution in [2.24, 2.45) is 0 Å². The molecule has 0 amide bonds. The Bertz CT molecular complexity index is 1530. The number of benzene rings is 4. The molecule has 0 bridgehead atoms. The first-order valence-corrected chi connectivity index (χ1v) is 11.7. The van der Waals surface area contributed by atoms with Crippen LogP contribution in [0, 0.1) is 0 Å². The van der Waals surface area contributed by atoms with Gasteiger partial charge < -0.3 is 9.32 Å². The molecular formula is C31H29NO. The third kappa shape index (κ3) is 2.94. The lowest BCUT2D eigenvalue weighted by Crippen LogP contribution is -2.37. The van der Waals surface area contributed by atoms with Gasteiger partial charge in [-0.15, -0.1) is 0 Å². The molecule has 2 heteroatoms. The Morgan fingerprint density at radius 3 is 2.09 bits per heavy atom. The molecule has 6 rings (SSSR count). The van der Waals surface area contributed by atoms with E-state index >= 15 is 0 Å². The van der Waals surface area contributed by atoms with Crippen LogP contribution < -0.4 is 4.90 Å². The van der Waals surface area contributed by atoms with Crippen LogP contribution in [0.1, 0.15) is 45.7 Å². The molecule has 4 aromatic carbocycles. The second kappa shape index (κ2) is 6.74. The zero-order chi connectivity index (χ0) is 23.0. The average Bonchev–Trinajstić information content (AvgIpc) is 3.26. The molecule has 33 heavy (non-hydrogen) atoms. The van der Waals surface area contributed by atoms with Crippen molar-refractivity contribution in [3.05, 3.63) is 96.1 Å². The average molecular weight is 432 g/mol. The maximum Gasteiger partial charge on any atom is 0.137 e. The van der Waals surface area contributed by atoms with E-state index in [1.54, 1.807) is 0 Å². The molecule has 1 aliphatic carbocycles. The molecule has 5 aromatic rings. The summed E-state index contributed by atoms with van der Waals surface area (Å²) in [6, 6.07) is 30.6. The first-order chi connectivity index (χ1) is 15.7. The third-order valence-electron chi connectivity index (χ3n) is 7.12. The zero-order valence-electron chi connectivity index (χ0n) is 19.9. The number of furan rings is 1. The zero-order valence-corrected chi connectivity index (χ0v) is 19.9. The fraction of sp³-hybridized carbons (Fsp3) is 0.226. The lowest BCUT2D eigenvalue weighted by Gasteiger charge is -2.38. The van der Waals surface area contributed by atoms with E-state index in [1.807, 2.05) is 12.1 Å². The second-order valence-electron chi connectivity index (χ2n) is 10.7. The highest BCUT2D eigenvalue weighted by atomic mass is 16.3. The van der Waals surface area contributed by atoms with Crippen molar-refractivity contribution >= 4 is 33.3 Å². The minimum atomic E-state index is -0.108. The van der Waals surface area contributed by atoms with E-state index in [2.05, 4.69) is 112 Å². The van der Waals surface area contributed by atoms with Crippen molar-refractivity contribution in [3.8, 4) is 11.1 Å². The predicted octanol–water partition coefficient (Wildman–Crippen LogP) is 8.83. The Hall–Kier alpha value is -3.52. The lowest BCUT2D eigenvalue weighted by molar-refractivity contribution is 0.559. The Labute approximate surface area is 195 Å². The van der Waals surface area contributed by atoms with Gasteiger partial charge in [0.1, 0.15) is 11.2 Å². The molecule has 0 radical (unpaired) electrons. The molecule has 164 valence electrons. The van der Waals surface area contributed by atoms with Crippen LogP contribution in [-0.4, -0.2) is 5.54 Å². The summed E-state index contributed by atoms with van der Waals surface area (Å²) in [5.41, 5.74) is 9.58. The quantitative estimate of drug-likeness (QED) is 0.277. The van der Waals surface area contributed by atoms with E-state index in [4.69, 9.17) is 4.42 Å². The van der Waals surface area contributed by atoms with Crippen LogP contribution in [0.2, 0.25) is 0 Å². The lowest BCUT2D eigenvalue weighted by atomic mass is 9.82. The van der Waals surface area contributed by atoms with Gasteiger partial charge in [-0.2, -0.15) is 0 Å². The number of para-hydroxylation sites is 1. The minimum Gasteiger partial charge on any atom is -0.456 e. The number of fused-ring (bicyclic) bond motifs is 6. The number of hydrogen-bond donors (Lipinski definition) is 0. The monoisotopic (exact) mass is 431 g/mol. The Kier molecular flexibility index (Phi) is 4.11. The summed E-state index contributed by atoms with van der Waals surface area (Å²) in [5, 5.41) is 2.33. The fourth-order valence-electron chi connectivity index (χ4n) is 5.61. The highest BCUT2D eigenvalue weighted by molar-refractivity contribution is 6.05. The normalized spacial score (nSPS) is 14.5. The first kappa shape index (κ1) is 20.1. The number of anilines is 2. The maximum absolute atomic E-state index is 6.21. The van der Waals surface area contributed by atoms with Gasteiger partial charge in [0.15, 0.2) is 0 Å². The molecule has 0 spiro atoms. The van der Waals surface area contributed by atoms with Crippen molar-refractivity contribution in [1.29, 1.82) is 0 Å². The van der Waals surface area contributed by atoms with Gasteiger partial charge >= 0.3 is 0 Å². The summed E-state index contributed by atoms with van der Waals surface area (Å²) in [4.78, 5) is 2.43. The van der Waals surface area contributed by atoms with Crippen LogP contribution in [-0.2, 0) is 5.41 Å². The molecule has 0 unspecified atom stereocenters. The van der Waals surface area contributed by atoms with Crippen molar-refractivity contribution in [1.82, 2.24) is 0 Å². The molecule has 1 aliphatic rings. The van der Waals surface area contributed by atoms with Crippen molar-refractivity contribution in [2.45, 2.75) is 45.6 Å². The first-order valence-electron chi connectivity index (χ1n) is 11.7.